The van der Waals surface area contributed by atoms with E-state index in [0.29, 0.717) is 5.92 Å². The number of rotatable bonds is 6. The lowest BCUT2D eigenvalue weighted by atomic mass is 9.99. The molecular weight excluding hydrogens is 248 g/mol. The summed E-state index contributed by atoms with van der Waals surface area (Å²) >= 11 is 6.41. The zero-order valence-corrected chi connectivity index (χ0v) is 11.6. The Hall–Kier alpha value is -1.22. The molecule has 2 heterocycles. The Morgan fingerprint density at radius 2 is 2.11 bits per heavy atom. The van der Waals surface area contributed by atoms with Gasteiger partial charge in [-0.05, 0) is 18.1 Å². The predicted molar refractivity (Wildman–Crippen MR) is 76.2 cm³/mol. The van der Waals surface area contributed by atoms with Crippen LogP contribution in [0.1, 0.15) is 26.7 Å². The zero-order chi connectivity index (χ0) is 13.0. The van der Waals surface area contributed by atoms with Gasteiger partial charge in [0, 0.05) is 12.7 Å². The summed E-state index contributed by atoms with van der Waals surface area (Å²) in [4.78, 5) is 4.33. The van der Waals surface area contributed by atoms with Crippen LogP contribution in [0.15, 0.2) is 29.0 Å². The first kappa shape index (κ1) is 13.2. The van der Waals surface area contributed by atoms with Crippen LogP contribution >= 0.6 is 11.6 Å². The third kappa shape index (κ3) is 2.78. The summed E-state index contributed by atoms with van der Waals surface area (Å²) in [5, 5.41) is 4.45. The van der Waals surface area contributed by atoms with E-state index < -0.39 is 0 Å². The summed E-state index contributed by atoms with van der Waals surface area (Å²) in [6.07, 6.45) is 5.64. The van der Waals surface area contributed by atoms with Gasteiger partial charge in [0.15, 0.2) is 0 Å². The van der Waals surface area contributed by atoms with Gasteiger partial charge in [-0.2, -0.15) is 0 Å². The zero-order valence-electron chi connectivity index (χ0n) is 10.8. The summed E-state index contributed by atoms with van der Waals surface area (Å²) in [5.41, 5.74) is 0.848. The van der Waals surface area contributed by atoms with Crippen molar-refractivity contribution < 1.29 is 4.42 Å². The molecule has 0 fully saturated rings. The molecule has 1 atom stereocenters. The van der Waals surface area contributed by atoms with Crippen molar-refractivity contribution in [1.82, 2.24) is 4.98 Å². The fourth-order valence-corrected chi connectivity index (χ4v) is 2.63. The minimum atomic E-state index is 0.129. The molecule has 0 amide bonds. The van der Waals surface area contributed by atoms with Crippen molar-refractivity contribution in [2.75, 3.05) is 11.9 Å². The van der Waals surface area contributed by atoms with Crippen LogP contribution in [0, 0.1) is 5.92 Å². The van der Waals surface area contributed by atoms with Crippen LogP contribution in [0.3, 0.4) is 0 Å². The molecule has 2 rings (SSSR count). The first-order valence-corrected chi connectivity index (χ1v) is 6.90. The lowest BCUT2D eigenvalue weighted by molar-refractivity contribution is 0.475. The topological polar surface area (TPSA) is 38.1 Å². The molecule has 0 aliphatic rings. The van der Waals surface area contributed by atoms with Crippen molar-refractivity contribution in [3.8, 4) is 0 Å². The maximum Gasteiger partial charge on any atom is 0.139 e. The molecule has 0 aliphatic carbocycles. The number of nitrogens with zero attached hydrogens (tertiary/aromatic N) is 1. The number of hydrogen-bond acceptors (Lipinski definition) is 3. The number of halogens is 1. The summed E-state index contributed by atoms with van der Waals surface area (Å²) in [5.74, 6) is 1.39. The average Bonchev–Trinajstić information content (AvgIpc) is 2.86. The van der Waals surface area contributed by atoms with Crippen LogP contribution in [-0.2, 0) is 0 Å². The van der Waals surface area contributed by atoms with Gasteiger partial charge in [0.05, 0.1) is 17.0 Å². The third-order valence-electron chi connectivity index (χ3n) is 3.40. The smallest absolute Gasteiger partial charge is 0.139 e. The lowest BCUT2D eigenvalue weighted by Gasteiger charge is -2.19. The second kappa shape index (κ2) is 6.10. The van der Waals surface area contributed by atoms with Crippen molar-refractivity contribution in [2.24, 2.45) is 5.92 Å². The van der Waals surface area contributed by atoms with Crippen LogP contribution in [0.2, 0.25) is 0 Å². The quantitative estimate of drug-likeness (QED) is 0.793. The van der Waals surface area contributed by atoms with E-state index in [1.165, 1.54) is 0 Å². The number of furan rings is 1. The largest absolute Gasteiger partial charge is 0.464 e. The van der Waals surface area contributed by atoms with Gasteiger partial charge in [0.2, 0.25) is 0 Å². The maximum atomic E-state index is 6.41. The molecule has 0 bridgehead atoms. The predicted octanol–water partition coefficient (Wildman–Crippen LogP) is 4.28. The Bertz CT molecular complexity index is 493. The van der Waals surface area contributed by atoms with Crippen LogP contribution in [0.4, 0.5) is 5.82 Å². The van der Waals surface area contributed by atoms with E-state index in [1.807, 2.05) is 12.1 Å². The second-order valence-electron chi connectivity index (χ2n) is 4.47. The minimum absolute atomic E-state index is 0.129. The average molecular weight is 267 g/mol. The number of hydrogen-bond donors (Lipinski definition) is 1. The van der Waals surface area contributed by atoms with Crippen molar-refractivity contribution >= 4 is 28.4 Å². The molecule has 0 radical (unpaired) electrons. The molecule has 2 aromatic rings. The van der Waals surface area contributed by atoms with Crippen molar-refractivity contribution in [3.63, 3.8) is 0 Å². The summed E-state index contributed by atoms with van der Waals surface area (Å²) in [6.45, 7) is 5.09. The van der Waals surface area contributed by atoms with E-state index in [2.05, 4.69) is 24.1 Å². The molecule has 98 valence electrons. The van der Waals surface area contributed by atoms with Gasteiger partial charge < -0.3 is 9.73 Å². The molecule has 3 nitrogen and oxygen atoms in total. The highest BCUT2D eigenvalue weighted by Gasteiger charge is 2.16. The van der Waals surface area contributed by atoms with Crippen molar-refractivity contribution in [2.45, 2.75) is 32.1 Å². The highest BCUT2D eigenvalue weighted by Crippen LogP contribution is 2.23. The molecule has 1 N–H and O–H groups in total. The van der Waals surface area contributed by atoms with Gasteiger partial charge >= 0.3 is 0 Å². The molecule has 0 aliphatic heterocycles. The molecule has 1 unspecified atom stereocenters. The van der Waals surface area contributed by atoms with E-state index in [0.717, 1.165) is 36.2 Å². The van der Waals surface area contributed by atoms with Gasteiger partial charge in [-0.15, -0.1) is 11.6 Å². The summed E-state index contributed by atoms with van der Waals surface area (Å²) in [6, 6.07) is 3.78. The Labute approximate surface area is 113 Å². The van der Waals surface area contributed by atoms with Crippen LogP contribution < -0.4 is 5.32 Å². The van der Waals surface area contributed by atoms with Gasteiger partial charge in [0.1, 0.15) is 11.4 Å². The van der Waals surface area contributed by atoms with Gasteiger partial charge in [-0.25, -0.2) is 4.98 Å². The molecule has 0 spiro atoms. The highest BCUT2D eigenvalue weighted by atomic mass is 35.5. The standard InChI is InChI=1S/C14H19ClN2O/c1-3-10(4-2)12(15)9-17-14-11-6-8-18-13(11)5-7-16-14/h5-8,10,12H,3-4,9H2,1-2H3,(H,16,17). The van der Waals surface area contributed by atoms with Crippen LogP contribution in [0.25, 0.3) is 11.0 Å². The van der Waals surface area contributed by atoms with Crippen LogP contribution in [-0.4, -0.2) is 16.9 Å². The molecule has 0 saturated carbocycles. The lowest BCUT2D eigenvalue weighted by Crippen LogP contribution is -2.23. The number of aromatic nitrogens is 1. The fraction of sp³-hybridized carbons (Fsp3) is 0.500. The number of fused-ring (bicyclic) bond motifs is 1. The van der Waals surface area contributed by atoms with Crippen molar-refractivity contribution in [1.29, 1.82) is 0 Å². The van der Waals surface area contributed by atoms with E-state index >= 15 is 0 Å². The van der Waals surface area contributed by atoms with Crippen LogP contribution in [0.5, 0.6) is 0 Å². The highest BCUT2D eigenvalue weighted by molar-refractivity contribution is 6.21. The summed E-state index contributed by atoms with van der Waals surface area (Å²) in [7, 11) is 0. The van der Waals surface area contributed by atoms with Gasteiger partial charge in [0.25, 0.3) is 0 Å². The van der Waals surface area contributed by atoms with Crippen molar-refractivity contribution in [3.05, 3.63) is 24.6 Å². The monoisotopic (exact) mass is 266 g/mol. The van der Waals surface area contributed by atoms with E-state index in [-0.39, 0.29) is 5.38 Å². The number of nitrogens with one attached hydrogen (secondary N) is 1. The Balaban J connectivity index is 2.04. The van der Waals surface area contributed by atoms with Gasteiger partial charge in [-0.3, -0.25) is 0 Å². The number of pyridine rings is 1. The van der Waals surface area contributed by atoms with E-state index in [9.17, 15) is 0 Å². The second-order valence-corrected chi connectivity index (χ2v) is 5.03. The fourth-order valence-electron chi connectivity index (χ4n) is 2.20. The molecule has 2 aromatic heterocycles. The third-order valence-corrected chi connectivity index (χ3v) is 3.92. The molecule has 0 aromatic carbocycles. The Morgan fingerprint density at radius 3 is 2.83 bits per heavy atom. The number of anilines is 1. The Morgan fingerprint density at radius 1 is 1.33 bits per heavy atom. The molecule has 0 saturated heterocycles. The minimum Gasteiger partial charge on any atom is -0.464 e. The maximum absolute atomic E-state index is 6.41. The normalized spacial score (nSPS) is 13.1. The van der Waals surface area contributed by atoms with Gasteiger partial charge in [-0.1, -0.05) is 26.7 Å². The molecule has 18 heavy (non-hydrogen) atoms. The first-order valence-electron chi connectivity index (χ1n) is 6.46. The molecular formula is C14H19ClN2O. The molecule has 4 heteroatoms. The van der Waals surface area contributed by atoms with E-state index in [1.54, 1.807) is 12.5 Å². The number of alkyl halides is 1. The summed E-state index contributed by atoms with van der Waals surface area (Å²) < 4.78 is 5.34. The van der Waals surface area contributed by atoms with E-state index in [4.69, 9.17) is 16.0 Å². The SMILES string of the molecule is CCC(CC)C(Cl)CNc1nccc2occc12. The first-order chi connectivity index (χ1) is 8.76. The Kier molecular flexibility index (Phi) is 4.48.